The zero-order valence-corrected chi connectivity index (χ0v) is 12.8. The van der Waals surface area contributed by atoms with Gasteiger partial charge in [0.25, 0.3) is 0 Å². The van der Waals surface area contributed by atoms with Gasteiger partial charge in [0, 0.05) is 24.3 Å². The SMILES string of the molecule is CCNC(CCc1ccccc1C)c1cnn(CC)c1. The summed E-state index contributed by atoms with van der Waals surface area (Å²) < 4.78 is 1.99. The van der Waals surface area contributed by atoms with E-state index in [9.17, 15) is 0 Å². The number of benzene rings is 1. The molecule has 1 unspecified atom stereocenters. The smallest absolute Gasteiger partial charge is 0.0537 e. The third kappa shape index (κ3) is 3.70. The standard InChI is InChI=1S/C17H25N3/c1-4-18-17(16-12-19-20(5-2)13-16)11-10-15-9-7-6-8-14(15)3/h6-9,12-13,17-18H,4-5,10-11H2,1-3H3. The zero-order valence-electron chi connectivity index (χ0n) is 12.8. The lowest BCUT2D eigenvalue weighted by Gasteiger charge is -2.17. The Morgan fingerprint density at radius 1 is 1.25 bits per heavy atom. The average Bonchev–Trinajstić information content (AvgIpc) is 2.94. The Bertz CT molecular complexity index is 531. The Balaban J connectivity index is 2.04. The molecule has 0 fully saturated rings. The average molecular weight is 271 g/mol. The molecule has 0 amide bonds. The summed E-state index contributed by atoms with van der Waals surface area (Å²) in [4.78, 5) is 0. The van der Waals surface area contributed by atoms with Gasteiger partial charge in [-0.05, 0) is 44.4 Å². The summed E-state index contributed by atoms with van der Waals surface area (Å²) in [6, 6.07) is 9.03. The van der Waals surface area contributed by atoms with Crippen molar-refractivity contribution < 1.29 is 0 Å². The van der Waals surface area contributed by atoms with Crippen molar-refractivity contribution in [2.75, 3.05) is 6.54 Å². The van der Waals surface area contributed by atoms with Gasteiger partial charge in [0.15, 0.2) is 0 Å². The van der Waals surface area contributed by atoms with Crippen molar-refractivity contribution in [1.29, 1.82) is 0 Å². The maximum Gasteiger partial charge on any atom is 0.0537 e. The molecule has 108 valence electrons. The largest absolute Gasteiger partial charge is 0.310 e. The van der Waals surface area contributed by atoms with E-state index in [1.165, 1.54) is 16.7 Å². The van der Waals surface area contributed by atoms with Gasteiger partial charge in [0.1, 0.15) is 0 Å². The number of rotatable bonds is 7. The van der Waals surface area contributed by atoms with E-state index in [4.69, 9.17) is 0 Å². The van der Waals surface area contributed by atoms with Crippen molar-refractivity contribution in [1.82, 2.24) is 15.1 Å². The number of hydrogen-bond donors (Lipinski definition) is 1. The molecule has 0 spiro atoms. The highest BCUT2D eigenvalue weighted by molar-refractivity contribution is 5.26. The molecule has 0 aliphatic heterocycles. The first-order valence-corrected chi connectivity index (χ1v) is 7.54. The van der Waals surface area contributed by atoms with E-state index in [1.54, 1.807) is 0 Å². The number of nitrogens with one attached hydrogen (secondary N) is 1. The molecule has 20 heavy (non-hydrogen) atoms. The second-order valence-corrected chi connectivity index (χ2v) is 5.20. The molecule has 3 heteroatoms. The van der Waals surface area contributed by atoms with Gasteiger partial charge in [-0.25, -0.2) is 0 Å². The maximum atomic E-state index is 4.39. The van der Waals surface area contributed by atoms with Crippen LogP contribution in [0.15, 0.2) is 36.7 Å². The number of aromatic nitrogens is 2. The van der Waals surface area contributed by atoms with E-state index in [-0.39, 0.29) is 0 Å². The van der Waals surface area contributed by atoms with E-state index in [0.717, 1.165) is 25.9 Å². The quantitative estimate of drug-likeness (QED) is 0.835. The van der Waals surface area contributed by atoms with E-state index in [0.29, 0.717) is 6.04 Å². The van der Waals surface area contributed by atoms with Crippen LogP contribution in [0.1, 0.15) is 43.0 Å². The maximum absolute atomic E-state index is 4.39. The Morgan fingerprint density at radius 2 is 2.05 bits per heavy atom. The molecule has 1 aromatic heterocycles. The van der Waals surface area contributed by atoms with Crippen LogP contribution in [0, 0.1) is 6.92 Å². The molecule has 2 aromatic rings. The predicted octanol–water partition coefficient (Wildman–Crippen LogP) is 3.49. The Morgan fingerprint density at radius 3 is 2.70 bits per heavy atom. The van der Waals surface area contributed by atoms with Gasteiger partial charge in [-0.3, -0.25) is 4.68 Å². The second-order valence-electron chi connectivity index (χ2n) is 5.20. The lowest BCUT2D eigenvalue weighted by Crippen LogP contribution is -2.21. The van der Waals surface area contributed by atoms with Crippen molar-refractivity contribution in [3.05, 3.63) is 53.3 Å². The first-order chi connectivity index (χ1) is 9.74. The van der Waals surface area contributed by atoms with Gasteiger partial charge in [-0.1, -0.05) is 31.2 Å². The fraction of sp³-hybridized carbons (Fsp3) is 0.471. The van der Waals surface area contributed by atoms with E-state index < -0.39 is 0 Å². The minimum atomic E-state index is 0.389. The second kappa shape index (κ2) is 7.25. The molecule has 1 aromatic carbocycles. The van der Waals surface area contributed by atoms with Crippen LogP contribution in [0.4, 0.5) is 0 Å². The summed E-state index contributed by atoms with van der Waals surface area (Å²) in [5.74, 6) is 0. The highest BCUT2D eigenvalue weighted by atomic mass is 15.3. The minimum absolute atomic E-state index is 0.389. The third-order valence-electron chi connectivity index (χ3n) is 3.79. The van der Waals surface area contributed by atoms with Crippen LogP contribution < -0.4 is 5.32 Å². The molecular weight excluding hydrogens is 246 g/mol. The van der Waals surface area contributed by atoms with Crippen molar-refractivity contribution >= 4 is 0 Å². The molecule has 0 radical (unpaired) electrons. The lowest BCUT2D eigenvalue weighted by atomic mass is 9.98. The zero-order chi connectivity index (χ0) is 14.4. The van der Waals surface area contributed by atoms with Gasteiger partial charge in [0.2, 0.25) is 0 Å². The summed E-state index contributed by atoms with van der Waals surface area (Å²) in [7, 11) is 0. The molecule has 0 saturated carbocycles. The van der Waals surface area contributed by atoms with Crippen molar-refractivity contribution in [2.24, 2.45) is 0 Å². The summed E-state index contributed by atoms with van der Waals surface area (Å²) in [6.45, 7) is 8.37. The van der Waals surface area contributed by atoms with Crippen LogP contribution >= 0.6 is 0 Å². The molecule has 0 bridgehead atoms. The third-order valence-corrected chi connectivity index (χ3v) is 3.79. The topological polar surface area (TPSA) is 29.9 Å². The van der Waals surface area contributed by atoms with Crippen molar-refractivity contribution in [2.45, 2.75) is 46.2 Å². The predicted molar refractivity (Wildman–Crippen MR) is 83.8 cm³/mol. The van der Waals surface area contributed by atoms with E-state index in [1.807, 2.05) is 10.9 Å². The number of hydrogen-bond acceptors (Lipinski definition) is 2. The van der Waals surface area contributed by atoms with Crippen LogP contribution in [-0.2, 0) is 13.0 Å². The molecule has 1 atom stereocenters. The van der Waals surface area contributed by atoms with Crippen molar-refractivity contribution in [3.8, 4) is 0 Å². The first-order valence-electron chi connectivity index (χ1n) is 7.54. The number of aryl methyl sites for hydroxylation is 3. The molecule has 1 heterocycles. The number of nitrogens with zero attached hydrogens (tertiary/aromatic N) is 2. The van der Waals surface area contributed by atoms with Gasteiger partial charge < -0.3 is 5.32 Å². The molecule has 1 N–H and O–H groups in total. The van der Waals surface area contributed by atoms with Crippen LogP contribution in [0.3, 0.4) is 0 Å². The summed E-state index contributed by atoms with van der Waals surface area (Å²) in [5.41, 5.74) is 4.12. The van der Waals surface area contributed by atoms with Crippen LogP contribution in [-0.4, -0.2) is 16.3 Å². The van der Waals surface area contributed by atoms with Crippen molar-refractivity contribution in [3.63, 3.8) is 0 Å². The van der Waals surface area contributed by atoms with Gasteiger partial charge in [-0.15, -0.1) is 0 Å². The monoisotopic (exact) mass is 271 g/mol. The highest BCUT2D eigenvalue weighted by Crippen LogP contribution is 2.20. The molecule has 0 aliphatic carbocycles. The normalized spacial score (nSPS) is 12.6. The Hall–Kier alpha value is -1.61. The fourth-order valence-electron chi connectivity index (χ4n) is 2.56. The summed E-state index contributed by atoms with van der Waals surface area (Å²) in [5, 5.41) is 7.96. The lowest BCUT2D eigenvalue weighted by molar-refractivity contribution is 0.514. The first kappa shape index (κ1) is 14.8. The van der Waals surface area contributed by atoms with Crippen LogP contribution in [0.25, 0.3) is 0 Å². The van der Waals surface area contributed by atoms with Gasteiger partial charge in [-0.2, -0.15) is 5.10 Å². The molecule has 3 nitrogen and oxygen atoms in total. The Labute approximate surface area is 122 Å². The summed E-state index contributed by atoms with van der Waals surface area (Å²) >= 11 is 0. The molecule has 0 saturated heterocycles. The van der Waals surface area contributed by atoms with Crippen LogP contribution in [0.5, 0.6) is 0 Å². The van der Waals surface area contributed by atoms with E-state index >= 15 is 0 Å². The Kier molecular flexibility index (Phi) is 5.36. The molecule has 0 aliphatic rings. The van der Waals surface area contributed by atoms with Gasteiger partial charge >= 0.3 is 0 Å². The fourth-order valence-corrected chi connectivity index (χ4v) is 2.56. The highest BCUT2D eigenvalue weighted by Gasteiger charge is 2.12. The summed E-state index contributed by atoms with van der Waals surface area (Å²) in [6.07, 6.45) is 6.36. The van der Waals surface area contributed by atoms with Crippen LogP contribution in [0.2, 0.25) is 0 Å². The minimum Gasteiger partial charge on any atom is -0.310 e. The van der Waals surface area contributed by atoms with Gasteiger partial charge in [0.05, 0.1) is 6.20 Å². The van der Waals surface area contributed by atoms with E-state index in [2.05, 4.69) is 61.6 Å². The molecular formula is C17H25N3. The molecule has 2 rings (SSSR count).